The number of nitrogens with one attached hydrogen (secondary N) is 2. The Balaban J connectivity index is 0.000000616. The van der Waals surface area contributed by atoms with Crippen molar-refractivity contribution in [3.8, 4) is 11.5 Å². The molecule has 4 rings (SSSR count). The van der Waals surface area contributed by atoms with Crippen molar-refractivity contribution >= 4 is 28.3 Å². The molecule has 4 aromatic rings. The molecule has 1 amide bonds. The molecule has 8 nitrogen and oxygen atoms in total. The van der Waals surface area contributed by atoms with Crippen LogP contribution in [0.2, 0.25) is 0 Å². The Kier molecular flexibility index (Phi) is 11.1. The quantitative estimate of drug-likeness (QED) is 0.195. The van der Waals surface area contributed by atoms with Crippen LogP contribution in [0.25, 0.3) is 10.8 Å². The number of carbonyl (C=O) groups is 2. The van der Waals surface area contributed by atoms with Crippen LogP contribution >= 0.6 is 0 Å². The average Bonchev–Trinajstić information content (AvgIpc) is 2.96. The van der Waals surface area contributed by atoms with Gasteiger partial charge >= 0.3 is 12.1 Å². The number of benzene rings is 3. The minimum Gasteiger partial charge on any atom is -0.490 e. The molecule has 1 atom stereocenters. The highest BCUT2D eigenvalue weighted by atomic mass is 19.4. The number of pyridine rings is 1. The van der Waals surface area contributed by atoms with Crippen LogP contribution in [0.4, 0.5) is 18.9 Å². The zero-order chi connectivity index (χ0) is 30.7. The number of aliphatic carboxylic acids is 1. The van der Waals surface area contributed by atoms with Gasteiger partial charge in [-0.3, -0.25) is 9.78 Å². The number of hydrogen-bond donors (Lipinski definition) is 3. The Morgan fingerprint density at radius 3 is 2.31 bits per heavy atom. The van der Waals surface area contributed by atoms with E-state index in [0.29, 0.717) is 24.7 Å². The fourth-order valence-corrected chi connectivity index (χ4v) is 3.85. The first-order chi connectivity index (χ1) is 20.0. The van der Waals surface area contributed by atoms with E-state index in [9.17, 15) is 18.0 Å². The number of anilines is 1. The number of nitrogens with zero attached hydrogens (tertiary/aromatic N) is 1. The maximum atomic E-state index is 13.5. The zero-order valence-electron chi connectivity index (χ0n) is 23.3. The minimum atomic E-state index is -5.08. The van der Waals surface area contributed by atoms with Gasteiger partial charge in [0.1, 0.15) is 6.04 Å². The molecule has 0 aliphatic carbocycles. The average molecular weight is 584 g/mol. The number of carbonyl (C=O) groups excluding carboxylic acids is 1. The maximum absolute atomic E-state index is 13.5. The van der Waals surface area contributed by atoms with Crippen LogP contribution in [0.1, 0.15) is 37.9 Å². The molecule has 1 aromatic heterocycles. The first kappa shape index (κ1) is 31.7. The molecule has 222 valence electrons. The van der Waals surface area contributed by atoms with Crippen molar-refractivity contribution in [3.05, 3.63) is 96.3 Å². The largest absolute Gasteiger partial charge is 0.490 e. The fraction of sp³-hybridized carbons (Fsp3) is 0.258. The van der Waals surface area contributed by atoms with E-state index in [4.69, 9.17) is 19.4 Å². The molecule has 3 N–H and O–H groups in total. The van der Waals surface area contributed by atoms with Crippen molar-refractivity contribution in [2.75, 3.05) is 11.9 Å². The molecule has 0 spiro atoms. The van der Waals surface area contributed by atoms with Gasteiger partial charge in [0.25, 0.3) is 0 Å². The lowest BCUT2D eigenvalue weighted by Gasteiger charge is -2.22. The number of alkyl halides is 3. The third kappa shape index (κ3) is 9.39. The van der Waals surface area contributed by atoms with Gasteiger partial charge in [-0.15, -0.1) is 0 Å². The molecule has 0 aliphatic heterocycles. The Labute approximate surface area is 241 Å². The minimum absolute atomic E-state index is 0.00948. The Bertz CT molecular complexity index is 1480. The first-order valence-corrected chi connectivity index (χ1v) is 13.1. The summed E-state index contributed by atoms with van der Waals surface area (Å²) in [6.07, 6.45) is -1.49. The van der Waals surface area contributed by atoms with Gasteiger partial charge in [-0.2, -0.15) is 13.2 Å². The molecular weight excluding hydrogens is 551 g/mol. The molecule has 11 heteroatoms. The Morgan fingerprint density at radius 2 is 1.67 bits per heavy atom. The number of ether oxygens (including phenoxy) is 2. The summed E-state index contributed by atoms with van der Waals surface area (Å²) in [7, 11) is 0. The van der Waals surface area contributed by atoms with Crippen molar-refractivity contribution in [1.82, 2.24) is 10.3 Å². The van der Waals surface area contributed by atoms with E-state index in [1.807, 2.05) is 99.8 Å². The van der Waals surface area contributed by atoms with Crippen LogP contribution in [0.3, 0.4) is 0 Å². The lowest BCUT2D eigenvalue weighted by molar-refractivity contribution is -0.192. The molecule has 0 saturated carbocycles. The first-order valence-electron chi connectivity index (χ1n) is 13.1. The summed E-state index contributed by atoms with van der Waals surface area (Å²) in [5.74, 6) is -1.62. The number of halogens is 3. The second-order valence-corrected chi connectivity index (χ2v) is 9.33. The molecule has 1 heterocycles. The van der Waals surface area contributed by atoms with Gasteiger partial charge in [0.05, 0.1) is 12.7 Å². The summed E-state index contributed by atoms with van der Waals surface area (Å²) in [6.45, 7) is 6.81. The SMILES string of the molecule is CCOc1cc(C(Nc2ccc3cnccc3c2)C(=O)NCc2ccccc2)ccc1OC(C)C.O=C(O)C(F)(F)F. The molecule has 0 saturated heterocycles. The van der Waals surface area contributed by atoms with Crippen molar-refractivity contribution in [2.24, 2.45) is 0 Å². The molecule has 0 aliphatic rings. The molecule has 0 bridgehead atoms. The number of aromatic nitrogens is 1. The van der Waals surface area contributed by atoms with Crippen LogP contribution in [0, 0.1) is 0 Å². The summed E-state index contributed by atoms with van der Waals surface area (Å²) in [6, 6.07) is 22.8. The van der Waals surface area contributed by atoms with Gasteiger partial charge in [0.15, 0.2) is 11.5 Å². The predicted molar refractivity (Wildman–Crippen MR) is 153 cm³/mol. The molecular formula is C31H32F3N3O5. The molecule has 0 fully saturated rings. The van der Waals surface area contributed by atoms with Gasteiger partial charge in [0, 0.05) is 30.0 Å². The highest BCUT2D eigenvalue weighted by Gasteiger charge is 2.38. The van der Waals surface area contributed by atoms with Crippen LogP contribution in [0.5, 0.6) is 11.5 Å². The van der Waals surface area contributed by atoms with Crippen molar-refractivity contribution in [3.63, 3.8) is 0 Å². The topological polar surface area (TPSA) is 110 Å². The number of carboxylic acid groups (broad SMARTS) is 1. The highest BCUT2D eigenvalue weighted by molar-refractivity contribution is 5.89. The predicted octanol–water partition coefficient (Wildman–Crippen LogP) is 6.52. The smallest absolute Gasteiger partial charge is 0.490 e. The monoisotopic (exact) mass is 583 g/mol. The van der Waals surface area contributed by atoms with Crippen LogP contribution < -0.4 is 20.1 Å². The Hall–Kier alpha value is -4.80. The molecule has 3 aromatic carbocycles. The van der Waals surface area contributed by atoms with E-state index in [1.165, 1.54) is 0 Å². The van der Waals surface area contributed by atoms with Crippen LogP contribution in [-0.4, -0.2) is 40.9 Å². The van der Waals surface area contributed by atoms with E-state index < -0.39 is 18.2 Å². The van der Waals surface area contributed by atoms with E-state index in [2.05, 4.69) is 15.6 Å². The maximum Gasteiger partial charge on any atom is 0.490 e. The van der Waals surface area contributed by atoms with Crippen LogP contribution in [0.15, 0.2) is 85.2 Å². The highest BCUT2D eigenvalue weighted by Crippen LogP contribution is 2.33. The lowest BCUT2D eigenvalue weighted by atomic mass is 10.0. The summed E-state index contributed by atoms with van der Waals surface area (Å²) in [5.41, 5.74) is 2.66. The lowest BCUT2D eigenvalue weighted by Crippen LogP contribution is -2.33. The van der Waals surface area contributed by atoms with Gasteiger partial charge in [-0.25, -0.2) is 4.79 Å². The summed E-state index contributed by atoms with van der Waals surface area (Å²) in [4.78, 5) is 26.5. The third-order valence-corrected chi connectivity index (χ3v) is 5.73. The fourth-order valence-electron chi connectivity index (χ4n) is 3.85. The van der Waals surface area contributed by atoms with Crippen molar-refractivity contribution < 1.29 is 37.3 Å². The normalized spacial score (nSPS) is 11.7. The number of amides is 1. The number of rotatable bonds is 10. The van der Waals surface area contributed by atoms with Crippen LogP contribution in [-0.2, 0) is 16.1 Å². The molecule has 0 radical (unpaired) electrons. The molecule has 42 heavy (non-hydrogen) atoms. The van der Waals surface area contributed by atoms with Gasteiger partial charge in [0.2, 0.25) is 5.91 Å². The van der Waals surface area contributed by atoms with Crippen molar-refractivity contribution in [1.29, 1.82) is 0 Å². The van der Waals surface area contributed by atoms with E-state index in [1.54, 1.807) is 6.20 Å². The van der Waals surface area contributed by atoms with E-state index >= 15 is 0 Å². The van der Waals surface area contributed by atoms with Gasteiger partial charge in [-0.1, -0.05) is 42.5 Å². The number of carboxylic acids is 1. The standard InChI is InChI=1S/C29H31N3O3.C2HF3O2/c1-4-34-27-17-23(11-13-26(27)35-20(2)3)28(29(33)31-18-21-8-6-5-7-9-21)32-25-12-10-24-19-30-15-14-22(24)16-25;3-2(4,5)1(6)7/h5-17,19-20,28,32H,4,18H2,1-3H3,(H,31,33);(H,6,7). The summed E-state index contributed by atoms with van der Waals surface area (Å²) in [5, 5.41) is 15.7. The third-order valence-electron chi connectivity index (χ3n) is 5.73. The van der Waals surface area contributed by atoms with Gasteiger partial charge in [-0.05, 0) is 67.6 Å². The number of hydrogen-bond acceptors (Lipinski definition) is 6. The second-order valence-electron chi connectivity index (χ2n) is 9.33. The van der Waals surface area contributed by atoms with Gasteiger partial charge < -0.3 is 25.2 Å². The number of fused-ring (bicyclic) bond motifs is 1. The Morgan fingerprint density at radius 1 is 0.952 bits per heavy atom. The summed E-state index contributed by atoms with van der Waals surface area (Å²) >= 11 is 0. The summed E-state index contributed by atoms with van der Waals surface area (Å²) < 4.78 is 43.5. The zero-order valence-corrected chi connectivity index (χ0v) is 23.3. The van der Waals surface area contributed by atoms with E-state index in [0.717, 1.165) is 27.6 Å². The van der Waals surface area contributed by atoms with E-state index in [-0.39, 0.29) is 12.0 Å². The molecule has 1 unspecified atom stereocenters. The second kappa shape index (κ2) is 14.7. The van der Waals surface area contributed by atoms with Crippen molar-refractivity contribution in [2.45, 2.75) is 45.6 Å².